The summed E-state index contributed by atoms with van der Waals surface area (Å²) in [7, 11) is 0. The molecule has 0 aromatic heterocycles. The monoisotopic (exact) mass is 334 g/mol. The first-order valence-electron chi connectivity index (χ1n) is 7.17. The van der Waals surface area contributed by atoms with Crippen molar-refractivity contribution in [2.24, 2.45) is 0 Å². The average molecular weight is 335 g/mol. The summed E-state index contributed by atoms with van der Waals surface area (Å²) in [5.74, 6) is 0.0462. The quantitative estimate of drug-likeness (QED) is 0.840. The van der Waals surface area contributed by atoms with Crippen LogP contribution < -0.4 is 10.6 Å². The van der Waals surface area contributed by atoms with Gasteiger partial charge in [-0.25, -0.2) is 0 Å². The standard InChI is InChI=1S/C17H16Cl2N2O/c18-14-6-3-11(8-15(14)19)9-17(22)21-7-1-2-12-4-5-13(20)10-16(12)21/h3-6,8,10H,1-2,7,9,20H2. The number of nitrogens with two attached hydrogens (primary N) is 1. The number of halogens is 2. The van der Waals surface area contributed by atoms with Gasteiger partial charge in [0.25, 0.3) is 0 Å². The Balaban J connectivity index is 1.84. The largest absolute Gasteiger partial charge is 0.399 e. The molecular formula is C17H16Cl2N2O. The van der Waals surface area contributed by atoms with Gasteiger partial charge in [-0.3, -0.25) is 4.79 Å². The lowest BCUT2D eigenvalue weighted by Crippen LogP contribution is -2.36. The van der Waals surface area contributed by atoms with Crippen molar-refractivity contribution >= 4 is 40.5 Å². The summed E-state index contributed by atoms with van der Waals surface area (Å²) in [5, 5.41) is 0.962. The van der Waals surface area contributed by atoms with E-state index in [0.717, 1.165) is 30.6 Å². The number of aryl methyl sites for hydroxylation is 1. The minimum Gasteiger partial charge on any atom is -0.399 e. The molecule has 3 rings (SSSR count). The number of carbonyl (C=O) groups excluding carboxylic acids is 1. The Morgan fingerprint density at radius 2 is 1.95 bits per heavy atom. The van der Waals surface area contributed by atoms with Gasteiger partial charge in [0.2, 0.25) is 5.91 Å². The molecule has 0 fully saturated rings. The van der Waals surface area contributed by atoms with Crippen molar-refractivity contribution in [3.8, 4) is 0 Å². The van der Waals surface area contributed by atoms with E-state index in [1.54, 1.807) is 12.1 Å². The van der Waals surface area contributed by atoms with Gasteiger partial charge in [0.05, 0.1) is 16.5 Å². The number of hydrogen-bond acceptors (Lipinski definition) is 2. The average Bonchev–Trinajstić information content (AvgIpc) is 2.50. The topological polar surface area (TPSA) is 46.3 Å². The van der Waals surface area contributed by atoms with Crippen molar-refractivity contribution in [1.29, 1.82) is 0 Å². The number of carbonyl (C=O) groups is 1. The van der Waals surface area contributed by atoms with E-state index in [2.05, 4.69) is 0 Å². The van der Waals surface area contributed by atoms with E-state index in [1.807, 2.05) is 29.2 Å². The van der Waals surface area contributed by atoms with E-state index in [1.165, 1.54) is 5.56 Å². The van der Waals surface area contributed by atoms with Gasteiger partial charge in [0.1, 0.15) is 0 Å². The summed E-state index contributed by atoms with van der Waals surface area (Å²) >= 11 is 11.9. The summed E-state index contributed by atoms with van der Waals surface area (Å²) in [4.78, 5) is 14.5. The van der Waals surface area contributed by atoms with Crippen molar-refractivity contribution in [2.75, 3.05) is 17.2 Å². The molecule has 2 N–H and O–H groups in total. The first-order valence-corrected chi connectivity index (χ1v) is 7.93. The lowest BCUT2D eigenvalue weighted by Gasteiger charge is -2.30. The number of benzene rings is 2. The maximum atomic E-state index is 12.6. The molecule has 0 aliphatic carbocycles. The zero-order chi connectivity index (χ0) is 15.7. The molecule has 1 aliphatic heterocycles. The van der Waals surface area contributed by atoms with Gasteiger partial charge in [-0.15, -0.1) is 0 Å². The second-order valence-corrected chi connectivity index (χ2v) is 6.28. The minimum absolute atomic E-state index is 0.0462. The van der Waals surface area contributed by atoms with Gasteiger partial charge in [-0.2, -0.15) is 0 Å². The first-order chi connectivity index (χ1) is 10.5. The Bertz CT molecular complexity index is 731. The molecule has 5 heteroatoms. The molecule has 2 aromatic carbocycles. The van der Waals surface area contributed by atoms with Crippen LogP contribution in [0.4, 0.5) is 11.4 Å². The summed E-state index contributed by atoms with van der Waals surface area (Å²) in [5.41, 5.74) is 9.49. The predicted octanol–water partition coefficient (Wildman–Crippen LogP) is 4.10. The third-order valence-electron chi connectivity index (χ3n) is 3.87. The predicted molar refractivity (Wildman–Crippen MR) is 91.7 cm³/mol. The fraction of sp³-hybridized carbons (Fsp3) is 0.235. The zero-order valence-electron chi connectivity index (χ0n) is 12.0. The number of anilines is 2. The fourth-order valence-electron chi connectivity index (χ4n) is 2.77. The van der Waals surface area contributed by atoms with Crippen LogP contribution in [-0.2, 0) is 17.6 Å². The number of rotatable bonds is 2. The van der Waals surface area contributed by atoms with E-state index >= 15 is 0 Å². The highest BCUT2D eigenvalue weighted by molar-refractivity contribution is 6.42. The van der Waals surface area contributed by atoms with Crippen molar-refractivity contribution < 1.29 is 4.79 Å². The fourth-order valence-corrected chi connectivity index (χ4v) is 3.09. The molecule has 1 aliphatic rings. The highest BCUT2D eigenvalue weighted by atomic mass is 35.5. The highest BCUT2D eigenvalue weighted by Gasteiger charge is 2.22. The van der Waals surface area contributed by atoms with Crippen LogP contribution in [0.15, 0.2) is 36.4 Å². The van der Waals surface area contributed by atoms with E-state index in [4.69, 9.17) is 28.9 Å². The number of amides is 1. The Labute approximate surface area is 139 Å². The summed E-state index contributed by atoms with van der Waals surface area (Å²) < 4.78 is 0. The van der Waals surface area contributed by atoms with Crippen LogP contribution in [-0.4, -0.2) is 12.5 Å². The number of nitrogen functional groups attached to an aromatic ring is 1. The van der Waals surface area contributed by atoms with Gasteiger partial charge in [-0.1, -0.05) is 35.3 Å². The molecule has 1 amide bonds. The van der Waals surface area contributed by atoms with Gasteiger partial charge in [0.15, 0.2) is 0 Å². The van der Waals surface area contributed by atoms with E-state index in [9.17, 15) is 4.79 Å². The summed E-state index contributed by atoms with van der Waals surface area (Å²) in [6.45, 7) is 0.719. The Morgan fingerprint density at radius 3 is 2.73 bits per heavy atom. The van der Waals surface area contributed by atoms with Crippen molar-refractivity contribution in [3.63, 3.8) is 0 Å². The van der Waals surface area contributed by atoms with E-state index in [-0.39, 0.29) is 5.91 Å². The molecular weight excluding hydrogens is 319 g/mol. The molecule has 0 unspecified atom stereocenters. The van der Waals surface area contributed by atoms with Crippen LogP contribution in [0.1, 0.15) is 17.5 Å². The van der Waals surface area contributed by atoms with Crippen molar-refractivity contribution in [1.82, 2.24) is 0 Å². The summed E-state index contributed by atoms with van der Waals surface area (Å²) in [6, 6.07) is 11.0. The van der Waals surface area contributed by atoms with Crippen molar-refractivity contribution in [2.45, 2.75) is 19.3 Å². The third kappa shape index (κ3) is 3.06. The van der Waals surface area contributed by atoms with Crippen LogP contribution in [0.25, 0.3) is 0 Å². The van der Waals surface area contributed by atoms with Crippen molar-refractivity contribution in [3.05, 3.63) is 57.6 Å². The Kier molecular flexibility index (Phi) is 4.27. The molecule has 114 valence electrons. The second-order valence-electron chi connectivity index (χ2n) is 5.46. The Hall–Kier alpha value is -1.71. The van der Waals surface area contributed by atoms with E-state index in [0.29, 0.717) is 22.2 Å². The van der Waals surface area contributed by atoms with Gasteiger partial charge >= 0.3 is 0 Å². The SMILES string of the molecule is Nc1ccc2c(c1)N(C(=O)Cc1ccc(Cl)c(Cl)c1)CCC2. The molecule has 0 saturated heterocycles. The molecule has 3 nitrogen and oxygen atoms in total. The van der Waals surface area contributed by atoms with Crippen LogP contribution in [0.5, 0.6) is 0 Å². The molecule has 1 heterocycles. The third-order valence-corrected chi connectivity index (χ3v) is 4.61. The Morgan fingerprint density at radius 1 is 1.14 bits per heavy atom. The van der Waals surface area contributed by atoms with Crippen LogP contribution in [0.2, 0.25) is 10.0 Å². The summed E-state index contributed by atoms with van der Waals surface area (Å²) in [6.07, 6.45) is 2.24. The van der Waals surface area contributed by atoms with Crippen LogP contribution >= 0.6 is 23.2 Å². The number of fused-ring (bicyclic) bond motifs is 1. The van der Waals surface area contributed by atoms with Gasteiger partial charge < -0.3 is 10.6 Å². The lowest BCUT2D eigenvalue weighted by atomic mass is 10.00. The number of nitrogens with zero attached hydrogens (tertiary/aromatic N) is 1. The van der Waals surface area contributed by atoms with Gasteiger partial charge in [0, 0.05) is 17.9 Å². The number of hydrogen-bond donors (Lipinski definition) is 1. The highest BCUT2D eigenvalue weighted by Crippen LogP contribution is 2.30. The minimum atomic E-state index is 0.0462. The van der Waals surface area contributed by atoms with E-state index < -0.39 is 0 Å². The first kappa shape index (κ1) is 15.2. The molecule has 2 aromatic rings. The van der Waals surface area contributed by atoms with Gasteiger partial charge in [-0.05, 0) is 48.2 Å². The van der Waals surface area contributed by atoms with Crippen LogP contribution in [0.3, 0.4) is 0 Å². The maximum absolute atomic E-state index is 12.6. The normalized spacial score (nSPS) is 13.8. The molecule has 0 radical (unpaired) electrons. The second kappa shape index (κ2) is 6.19. The smallest absolute Gasteiger partial charge is 0.231 e. The molecule has 0 saturated carbocycles. The zero-order valence-corrected chi connectivity index (χ0v) is 13.5. The molecule has 0 atom stereocenters. The van der Waals surface area contributed by atoms with Crippen LogP contribution in [0, 0.1) is 0 Å². The molecule has 22 heavy (non-hydrogen) atoms. The molecule has 0 bridgehead atoms. The molecule has 0 spiro atoms. The maximum Gasteiger partial charge on any atom is 0.231 e. The lowest BCUT2D eigenvalue weighted by molar-refractivity contribution is -0.118.